The number of hydrogen-bond acceptors (Lipinski definition) is 6. The predicted octanol–water partition coefficient (Wildman–Crippen LogP) is 7.07. The van der Waals surface area contributed by atoms with E-state index in [1.54, 1.807) is 6.07 Å². The van der Waals surface area contributed by atoms with Crippen LogP contribution in [0.25, 0.3) is 33.8 Å². The molecule has 2 heterocycles. The second-order valence-corrected chi connectivity index (χ2v) is 11.7. The van der Waals surface area contributed by atoms with Gasteiger partial charge in [-0.05, 0) is 66.6 Å². The molecule has 8 nitrogen and oxygen atoms in total. The maximum Gasteiger partial charge on any atom is 0.573 e. The first-order valence-corrected chi connectivity index (χ1v) is 14.3. The highest BCUT2D eigenvalue weighted by Gasteiger charge is 2.35. The molecule has 0 atom stereocenters. The fourth-order valence-electron chi connectivity index (χ4n) is 4.33. The highest BCUT2D eigenvalue weighted by atomic mass is 35.5. The van der Waals surface area contributed by atoms with Crippen LogP contribution in [0.5, 0.6) is 5.75 Å². The molecule has 0 aliphatic rings. The number of halogens is 7. The molecular weight excluding hydrogens is 624 g/mol. The first-order chi connectivity index (χ1) is 20.0. The van der Waals surface area contributed by atoms with Crippen molar-refractivity contribution in [2.24, 2.45) is 0 Å². The summed E-state index contributed by atoms with van der Waals surface area (Å²) in [4.78, 5) is 3.64. The normalized spacial score (nSPS) is 12.5. The van der Waals surface area contributed by atoms with E-state index in [-0.39, 0.29) is 32.8 Å². The lowest BCUT2D eigenvalue weighted by atomic mass is 10.0. The Morgan fingerprint density at radius 1 is 0.907 bits per heavy atom. The molecule has 0 aliphatic heterocycles. The summed E-state index contributed by atoms with van der Waals surface area (Å²) in [6, 6.07) is 13.7. The number of rotatable bonds is 6. The molecule has 43 heavy (non-hydrogen) atoms. The third-order valence-electron chi connectivity index (χ3n) is 6.21. The highest BCUT2D eigenvalue weighted by Crippen LogP contribution is 2.38. The summed E-state index contributed by atoms with van der Waals surface area (Å²) in [5, 5.41) is 7.97. The monoisotopic (exact) mass is 641 g/mol. The molecule has 5 aromatic rings. The molecule has 0 radical (unpaired) electrons. The SMILES string of the molecule is Cc1nc(C(F)(F)F)cn1-c1c(Cl)cc(-c2cccc(S(C)(=O)=O)c2)cc1-n1nncc1-c1ccc(OC(F)(F)F)cc1. The molecule has 3 aromatic carbocycles. The molecule has 0 bridgehead atoms. The minimum Gasteiger partial charge on any atom is -0.406 e. The summed E-state index contributed by atoms with van der Waals surface area (Å²) in [6.45, 7) is 1.35. The number of sulfone groups is 1. The van der Waals surface area contributed by atoms with E-state index in [1.165, 1.54) is 60.3 Å². The topological polar surface area (TPSA) is 91.9 Å². The summed E-state index contributed by atoms with van der Waals surface area (Å²) in [6.07, 6.45) is -6.54. The van der Waals surface area contributed by atoms with Crippen LogP contribution in [0.2, 0.25) is 5.02 Å². The number of alkyl halides is 6. The first kappa shape index (κ1) is 30.1. The van der Waals surface area contributed by atoms with Crippen molar-refractivity contribution in [1.82, 2.24) is 24.5 Å². The van der Waals surface area contributed by atoms with Gasteiger partial charge in [-0.2, -0.15) is 13.2 Å². The van der Waals surface area contributed by atoms with Gasteiger partial charge in [0.2, 0.25) is 0 Å². The van der Waals surface area contributed by atoms with Gasteiger partial charge >= 0.3 is 12.5 Å². The number of hydrogen-bond donors (Lipinski definition) is 0. The molecule has 0 unspecified atom stereocenters. The lowest BCUT2D eigenvalue weighted by molar-refractivity contribution is -0.274. The summed E-state index contributed by atoms with van der Waals surface area (Å²) < 4.78 is 109. The largest absolute Gasteiger partial charge is 0.573 e. The van der Waals surface area contributed by atoms with Gasteiger partial charge < -0.3 is 4.74 Å². The maximum atomic E-state index is 13.5. The minimum atomic E-state index is -4.90. The molecule has 2 aromatic heterocycles. The van der Waals surface area contributed by atoms with Crippen LogP contribution < -0.4 is 4.74 Å². The smallest absolute Gasteiger partial charge is 0.406 e. The number of benzene rings is 3. The lowest BCUT2D eigenvalue weighted by Gasteiger charge is -2.18. The van der Waals surface area contributed by atoms with Gasteiger partial charge in [0.25, 0.3) is 0 Å². The molecule has 0 saturated carbocycles. The Balaban J connectivity index is 1.73. The van der Waals surface area contributed by atoms with Gasteiger partial charge in [0.05, 0.1) is 33.2 Å². The van der Waals surface area contributed by atoms with Gasteiger partial charge in [-0.15, -0.1) is 18.3 Å². The van der Waals surface area contributed by atoms with Crippen LogP contribution in [-0.2, 0) is 16.0 Å². The summed E-state index contributed by atoms with van der Waals surface area (Å²) >= 11 is 6.71. The number of aryl methyl sites for hydroxylation is 1. The second kappa shape index (κ2) is 10.7. The molecule has 224 valence electrons. The van der Waals surface area contributed by atoms with Crippen molar-refractivity contribution in [2.45, 2.75) is 24.4 Å². The van der Waals surface area contributed by atoms with Crippen molar-refractivity contribution in [3.05, 3.63) is 89.6 Å². The molecule has 5 rings (SSSR count). The van der Waals surface area contributed by atoms with Crippen molar-refractivity contribution in [2.75, 3.05) is 6.26 Å². The van der Waals surface area contributed by atoms with Crippen LogP contribution in [0.3, 0.4) is 0 Å². The number of imidazole rings is 1. The fraction of sp³-hybridized carbons (Fsp3) is 0.148. The summed E-state index contributed by atoms with van der Waals surface area (Å²) in [7, 11) is -3.58. The average Bonchev–Trinajstić information content (AvgIpc) is 3.54. The van der Waals surface area contributed by atoms with Crippen molar-refractivity contribution in [1.29, 1.82) is 0 Å². The van der Waals surface area contributed by atoms with Gasteiger partial charge in [-0.1, -0.05) is 28.9 Å². The molecular formula is C27H18ClF6N5O3S. The van der Waals surface area contributed by atoms with E-state index in [1.807, 2.05) is 0 Å². The Morgan fingerprint density at radius 3 is 2.21 bits per heavy atom. The fourth-order valence-corrected chi connectivity index (χ4v) is 5.30. The number of aromatic nitrogens is 5. The molecule has 0 spiro atoms. The Hall–Kier alpha value is -4.37. The van der Waals surface area contributed by atoms with Crippen molar-refractivity contribution >= 4 is 21.4 Å². The van der Waals surface area contributed by atoms with Crippen LogP contribution in [-0.4, -0.2) is 45.6 Å². The zero-order valence-corrected chi connectivity index (χ0v) is 23.5. The van der Waals surface area contributed by atoms with E-state index in [4.69, 9.17) is 11.6 Å². The van der Waals surface area contributed by atoms with Crippen molar-refractivity contribution in [3.63, 3.8) is 0 Å². The van der Waals surface area contributed by atoms with E-state index in [9.17, 15) is 34.8 Å². The molecule has 0 fully saturated rings. The quantitative estimate of drug-likeness (QED) is 0.184. The van der Waals surface area contributed by atoms with E-state index in [0.29, 0.717) is 16.7 Å². The Bertz CT molecular complexity index is 1930. The Morgan fingerprint density at radius 2 is 1.60 bits per heavy atom. The third-order valence-corrected chi connectivity index (χ3v) is 7.61. The highest BCUT2D eigenvalue weighted by molar-refractivity contribution is 7.90. The van der Waals surface area contributed by atoms with Crippen LogP contribution in [0.15, 0.2) is 78.0 Å². The minimum absolute atomic E-state index is 0.0228. The van der Waals surface area contributed by atoms with Gasteiger partial charge in [0.1, 0.15) is 11.6 Å². The zero-order chi connectivity index (χ0) is 31.3. The van der Waals surface area contributed by atoms with Gasteiger partial charge in [-0.25, -0.2) is 18.1 Å². The average molecular weight is 642 g/mol. The Labute approximate surface area is 245 Å². The second-order valence-electron chi connectivity index (χ2n) is 9.27. The molecule has 0 aliphatic carbocycles. The molecule has 0 amide bonds. The Kier molecular flexibility index (Phi) is 7.50. The standard InChI is InChI=1S/C27H18ClF6N5O3S/c1-15-36-24(26(29,30)31)14-38(15)25-21(28)11-18(17-4-3-5-20(10-17)43(2,40)41)12-22(25)39-23(13-35-37-39)16-6-8-19(9-7-16)42-27(32,33)34/h3-14H,1-2H3. The van der Waals surface area contributed by atoms with E-state index in [2.05, 4.69) is 20.0 Å². The maximum absolute atomic E-state index is 13.5. The van der Waals surface area contributed by atoms with Crippen LogP contribution >= 0.6 is 11.6 Å². The predicted molar refractivity (Wildman–Crippen MR) is 144 cm³/mol. The van der Waals surface area contributed by atoms with Gasteiger partial charge in [0.15, 0.2) is 15.5 Å². The van der Waals surface area contributed by atoms with E-state index in [0.717, 1.165) is 29.2 Å². The third kappa shape index (κ3) is 6.37. The van der Waals surface area contributed by atoms with E-state index >= 15 is 0 Å². The molecule has 0 N–H and O–H groups in total. The summed E-state index contributed by atoms with van der Waals surface area (Å²) in [5.41, 5.74) is 0.371. The van der Waals surface area contributed by atoms with Crippen LogP contribution in [0.4, 0.5) is 26.3 Å². The first-order valence-electron chi connectivity index (χ1n) is 12.1. The van der Waals surface area contributed by atoms with E-state index < -0.39 is 33.8 Å². The lowest BCUT2D eigenvalue weighted by Crippen LogP contribution is -2.16. The van der Waals surface area contributed by atoms with Gasteiger partial charge in [0, 0.05) is 18.0 Å². The van der Waals surface area contributed by atoms with Crippen molar-refractivity contribution in [3.8, 4) is 39.5 Å². The zero-order valence-electron chi connectivity index (χ0n) is 21.9. The molecule has 0 saturated heterocycles. The number of ether oxygens (including phenoxy) is 1. The van der Waals surface area contributed by atoms with Crippen LogP contribution in [0.1, 0.15) is 11.5 Å². The van der Waals surface area contributed by atoms with Crippen molar-refractivity contribution < 1.29 is 39.5 Å². The van der Waals surface area contributed by atoms with Crippen LogP contribution in [0, 0.1) is 6.92 Å². The number of nitrogens with zero attached hydrogens (tertiary/aromatic N) is 5. The van der Waals surface area contributed by atoms with Gasteiger partial charge in [-0.3, -0.25) is 4.57 Å². The molecule has 16 heteroatoms. The summed E-state index contributed by atoms with van der Waals surface area (Å²) in [5.74, 6) is -0.530.